The van der Waals surface area contributed by atoms with Gasteiger partial charge in [0, 0.05) is 37.9 Å². The first-order chi connectivity index (χ1) is 28.2. The minimum absolute atomic E-state index is 0.529. The number of fused-ring (bicyclic) bond motifs is 9. The van der Waals surface area contributed by atoms with Crippen molar-refractivity contribution in [2.45, 2.75) is 0 Å². The van der Waals surface area contributed by atoms with E-state index < -0.39 is 0 Å². The number of hydrogen-bond acceptors (Lipinski definition) is 4. The molecule has 6 heteroatoms. The van der Waals surface area contributed by atoms with Gasteiger partial charge in [-0.2, -0.15) is 15.0 Å². The highest BCUT2D eigenvalue weighted by Crippen LogP contribution is 2.38. The molecule has 8 aromatic carbocycles. The van der Waals surface area contributed by atoms with Crippen LogP contribution in [-0.4, -0.2) is 24.1 Å². The molecule has 0 aliphatic carbocycles. The molecular weight excluding hydrogens is 699 g/mol. The largest absolute Gasteiger partial charge is 0.456 e. The van der Waals surface area contributed by atoms with Crippen LogP contribution in [0.25, 0.3) is 111 Å². The summed E-state index contributed by atoms with van der Waals surface area (Å²) in [5.41, 5.74) is 11.1. The molecule has 6 nitrogen and oxygen atoms in total. The molecule has 12 rings (SSSR count). The normalized spacial score (nSPS) is 11.9. The molecule has 4 aromatic heterocycles. The fourth-order valence-electron chi connectivity index (χ4n) is 8.54. The predicted molar refractivity (Wildman–Crippen MR) is 232 cm³/mol. The van der Waals surface area contributed by atoms with E-state index in [2.05, 4.69) is 167 Å². The van der Waals surface area contributed by atoms with E-state index in [1.54, 1.807) is 0 Å². The second-order valence-corrected chi connectivity index (χ2v) is 14.5. The Hall–Kier alpha value is -7.83. The van der Waals surface area contributed by atoms with Gasteiger partial charge >= 0.3 is 0 Å². The second kappa shape index (κ2) is 12.3. The van der Waals surface area contributed by atoms with Crippen LogP contribution < -0.4 is 0 Å². The van der Waals surface area contributed by atoms with Crippen LogP contribution in [0, 0.1) is 0 Å². The Labute approximate surface area is 326 Å². The molecule has 0 unspecified atom stereocenters. The molecule has 0 atom stereocenters. The van der Waals surface area contributed by atoms with Crippen molar-refractivity contribution in [3.63, 3.8) is 0 Å². The third-order valence-corrected chi connectivity index (χ3v) is 11.2. The van der Waals surface area contributed by atoms with Crippen LogP contribution in [-0.2, 0) is 0 Å². The Kier molecular flexibility index (Phi) is 6.83. The highest BCUT2D eigenvalue weighted by atomic mass is 16.3. The first-order valence-corrected chi connectivity index (χ1v) is 19.1. The molecule has 0 aliphatic rings. The second-order valence-electron chi connectivity index (χ2n) is 14.5. The van der Waals surface area contributed by atoms with Crippen molar-refractivity contribution in [2.24, 2.45) is 0 Å². The maximum atomic E-state index is 6.38. The van der Waals surface area contributed by atoms with Gasteiger partial charge in [-0.25, -0.2) is 0 Å². The number of hydrogen-bond donors (Lipinski definition) is 0. The summed E-state index contributed by atoms with van der Waals surface area (Å²) in [6.45, 7) is 0. The van der Waals surface area contributed by atoms with Crippen LogP contribution in [0.3, 0.4) is 0 Å². The number of furan rings is 1. The zero-order chi connectivity index (χ0) is 37.5. The highest BCUT2D eigenvalue weighted by molar-refractivity contribution is 6.11. The molecule has 266 valence electrons. The predicted octanol–water partition coefficient (Wildman–Crippen LogP) is 13.0. The van der Waals surface area contributed by atoms with E-state index in [1.165, 1.54) is 0 Å². The lowest BCUT2D eigenvalue weighted by Crippen LogP contribution is -2.10. The fourth-order valence-corrected chi connectivity index (χ4v) is 8.54. The molecule has 0 N–H and O–H groups in total. The van der Waals surface area contributed by atoms with Crippen molar-refractivity contribution in [3.05, 3.63) is 188 Å². The van der Waals surface area contributed by atoms with Crippen molar-refractivity contribution >= 4 is 65.6 Å². The monoisotopic (exact) mass is 729 g/mol. The van der Waals surface area contributed by atoms with Crippen LogP contribution in [0.15, 0.2) is 192 Å². The summed E-state index contributed by atoms with van der Waals surface area (Å²) >= 11 is 0. The van der Waals surface area contributed by atoms with Crippen LogP contribution in [0.2, 0.25) is 0 Å². The Morgan fingerprint density at radius 2 is 0.737 bits per heavy atom. The zero-order valence-corrected chi connectivity index (χ0v) is 30.5. The average Bonchev–Trinajstić information content (AvgIpc) is 3.93. The Bertz CT molecular complexity index is 3350. The Balaban J connectivity index is 1.17. The minimum Gasteiger partial charge on any atom is -0.456 e. The lowest BCUT2D eigenvalue weighted by molar-refractivity contribution is 0.669. The standard InChI is InChI=1S/C51H31N5O/c1-3-13-32(14-4-1)34-23-26-39-37-17-7-10-20-43(37)55(45(39)29-34)50-52-49(36-25-28-42-41-19-9-12-22-47(41)57-48(42)31-36)53-51(54-50)56-44-21-11-8-18-38(44)40-27-24-35(30-46(40)56)33-15-5-2-6-16-33/h1-31H. The average molecular weight is 730 g/mol. The lowest BCUT2D eigenvalue weighted by Gasteiger charge is -2.13. The number of para-hydroxylation sites is 3. The van der Waals surface area contributed by atoms with Crippen LogP contribution >= 0.6 is 0 Å². The van der Waals surface area contributed by atoms with Crippen molar-refractivity contribution in [3.8, 4) is 45.5 Å². The van der Waals surface area contributed by atoms with E-state index in [-0.39, 0.29) is 0 Å². The number of aromatic nitrogens is 5. The molecule has 0 saturated heterocycles. The van der Waals surface area contributed by atoms with Crippen LogP contribution in [0.5, 0.6) is 0 Å². The summed E-state index contributed by atoms with van der Waals surface area (Å²) in [5, 5.41) is 6.64. The van der Waals surface area contributed by atoms with Gasteiger partial charge in [-0.15, -0.1) is 0 Å². The molecule has 0 amide bonds. The van der Waals surface area contributed by atoms with Gasteiger partial charge in [-0.3, -0.25) is 9.13 Å². The SMILES string of the molecule is c1ccc(-c2ccc3c4ccccc4n(-c4nc(-c5ccc6c(c5)oc5ccccc56)nc(-n5c6ccccc6c6ccc(-c7ccccc7)cc65)n4)c3c2)cc1. The van der Waals surface area contributed by atoms with Gasteiger partial charge < -0.3 is 4.42 Å². The number of nitrogens with zero attached hydrogens (tertiary/aromatic N) is 5. The van der Waals surface area contributed by atoms with E-state index in [9.17, 15) is 0 Å². The minimum atomic E-state index is 0.529. The summed E-state index contributed by atoms with van der Waals surface area (Å²) < 4.78 is 10.8. The summed E-state index contributed by atoms with van der Waals surface area (Å²) in [7, 11) is 0. The van der Waals surface area contributed by atoms with Crippen LogP contribution in [0.1, 0.15) is 0 Å². The first kappa shape index (κ1) is 31.5. The third kappa shape index (κ3) is 4.94. The van der Waals surface area contributed by atoms with E-state index in [4.69, 9.17) is 19.4 Å². The van der Waals surface area contributed by atoms with Gasteiger partial charge in [0.2, 0.25) is 11.9 Å². The molecule has 4 heterocycles. The lowest BCUT2D eigenvalue weighted by atomic mass is 10.0. The smallest absolute Gasteiger partial charge is 0.240 e. The van der Waals surface area contributed by atoms with E-state index in [1.807, 2.05) is 30.3 Å². The quantitative estimate of drug-likeness (QED) is 0.177. The third-order valence-electron chi connectivity index (χ3n) is 11.2. The topological polar surface area (TPSA) is 61.7 Å². The number of rotatable bonds is 5. The van der Waals surface area contributed by atoms with Gasteiger partial charge in [-0.1, -0.05) is 146 Å². The van der Waals surface area contributed by atoms with Gasteiger partial charge in [-0.05, 0) is 64.7 Å². The van der Waals surface area contributed by atoms with Crippen molar-refractivity contribution in [2.75, 3.05) is 0 Å². The van der Waals surface area contributed by atoms with Gasteiger partial charge in [0.05, 0.1) is 22.1 Å². The summed E-state index contributed by atoms with van der Waals surface area (Å²) in [4.78, 5) is 16.1. The summed E-state index contributed by atoms with van der Waals surface area (Å²) in [6.07, 6.45) is 0. The Morgan fingerprint density at radius 3 is 1.32 bits per heavy atom. The van der Waals surface area contributed by atoms with Crippen molar-refractivity contribution in [1.29, 1.82) is 0 Å². The molecule has 0 bridgehead atoms. The fraction of sp³-hybridized carbons (Fsp3) is 0. The van der Waals surface area contributed by atoms with E-state index in [0.29, 0.717) is 17.7 Å². The molecule has 12 aromatic rings. The van der Waals surface area contributed by atoms with Gasteiger partial charge in [0.1, 0.15) is 11.2 Å². The Morgan fingerprint density at radius 1 is 0.298 bits per heavy atom. The molecule has 0 radical (unpaired) electrons. The molecule has 0 fully saturated rings. The maximum absolute atomic E-state index is 6.38. The highest BCUT2D eigenvalue weighted by Gasteiger charge is 2.22. The summed E-state index contributed by atoms with van der Waals surface area (Å²) in [6, 6.07) is 65.7. The van der Waals surface area contributed by atoms with E-state index >= 15 is 0 Å². The van der Waals surface area contributed by atoms with Crippen molar-refractivity contribution < 1.29 is 4.42 Å². The van der Waals surface area contributed by atoms with Gasteiger partial charge in [0.25, 0.3) is 0 Å². The van der Waals surface area contributed by atoms with Crippen molar-refractivity contribution in [1.82, 2.24) is 24.1 Å². The van der Waals surface area contributed by atoms with Crippen LogP contribution in [0.4, 0.5) is 0 Å². The molecule has 0 saturated carbocycles. The first-order valence-electron chi connectivity index (χ1n) is 19.1. The summed E-state index contributed by atoms with van der Waals surface area (Å²) in [5.74, 6) is 1.61. The molecule has 0 spiro atoms. The molecule has 57 heavy (non-hydrogen) atoms. The van der Waals surface area contributed by atoms with Gasteiger partial charge in [0.15, 0.2) is 5.82 Å². The molecule has 0 aliphatic heterocycles. The van der Waals surface area contributed by atoms with E-state index in [0.717, 1.165) is 93.4 Å². The maximum Gasteiger partial charge on any atom is 0.240 e. The number of benzene rings is 8. The molecular formula is C51H31N5O. The zero-order valence-electron chi connectivity index (χ0n) is 30.5.